The highest BCUT2D eigenvalue weighted by molar-refractivity contribution is 5.50. The van der Waals surface area contributed by atoms with E-state index in [9.17, 15) is 0 Å². The van der Waals surface area contributed by atoms with Gasteiger partial charge in [0.1, 0.15) is 17.5 Å². The Morgan fingerprint density at radius 3 is 2.75 bits per heavy atom. The van der Waals surface area contributed by atoms with Gasteiger partial charge in [-0.25, -0.2) is 9.97 Å². The first kappa shape index (κ1) is 13.6. The van der Waals surface area contributed by atoms with Crippen molar-refractivity contribution in [2.24, 2.45) is 0 Å². The monoisotopic (exact) mass is 275 g/mol. The maximum atomic E-state index is 4.84. The van der Waals surface area contributed by atoms with Crippen LogP contribution in [0.3, 0.4) is 0 Å². The van der Waals surface area contributed by atoms with Gasteiger partial charge in [0.05, 0.1) is 0 Å². The molecule has 1 saturated heterocycles. The van der Waals surface area contributed by atoms with Crippen molar-refractivity contribution in [1.82, 2.24) is 14.9 Å². The largest absolute Gasteiger partial charge is 0.373 e. The Bertz CT molecular complexity index is 471. The minimum Gasteiger partial charge on any atom is -0.373 e. The lowest BCUT2D eigenvalue weighted by molar-refractivity contribution is 0.337. The molecule has 0 aromatic carbocycles. The highest BCUT2D eigenvalue weighted by Crippen LogP contribution is 2.39. The van der Waals surface area contributed by atoms with Crippen molar-refractivity contribution in [3.8, 4) is 0 Å². The summed E-state index contributed by atoms with van der Waals surface area (Å²) in [5.41, 5.74) is 0. The lowest BCUT2D eigenvalue weighted by atomic mass is 10.2. The maximum absolute atomic E-state index is 4.84. The SMILES string of the molecule is CNc1cc(N2CCCN(C)CC2C)nc(C2CC2)n1. The summed E-state index contributed by atoms with van der Waals surface area (Å²) in [5.74, 6) is 3.65. The molecule has 0 bridgehead atoms. The second kappa shape index (κ2) is 5.56. The number of rotatable bonds is 3. The Morgan fingerprint density at radius 1 is 1.25 bits per heavy atom. The van der Waals surface area contributed by atoms with Gasteiger partial charge >= 0.3 is 0 Å². The molecule has 0 spiro atoms. The Morgan fingerprint density at radius 2 is 2.05 bits per heavy atom. The summed E-state index contributed by atoms with van der Waals surface area (Å²) < 4.78 is 0. The maximum Gasteiger partial charge on any atom is 0.136 e. The number of hydrogen-bond acceptors (Lipinski definition) is 5. The predicted molar refractivity (Wildman–Crippen MR) is 82.5 cm³/mol. The molecule has 1 N–H and O–H groups in total. The molecule has 0 amide bonds. The van der Waals surface area contributed by atoms with Crippen molar-refractivity contribution in [1.29, 1.82) is 0 Å². The molecule has 20 heavy (non-hydrogen) atoms. The van der Waals surface area contributed by atoms with E-state index in [-0.39, 0.29) is 0 Å². The highest BCUT2D eigenvalue weighted by atomic mass is 15.3. The van der Waals surface area contributed by atoms with E-state index in [1.54, 1.807) is 0 Å². The smallest absolute Gasteiger partial charge is 0.136 e. The molecule has 0 radical (unpaired) electrons. The molecule has 1 aliphatic carbocycles. The molecular weight excluding hydrogens is 250 g/mol. The third-order valence-electron chi connectivity index (χ3n) is 4.27. The predicted octanol–water partition coefficient (Wildman–Crippen LogP) is 1.93. The van der Waals surface area contributed by atoms with E-state index in [2.05, 4.69) is 40.1 Å². The van der Waals surface area contributed by atoms with Crippen molar-refractivity contribution in [3.63, 3.8) is 0 Å². The Kier molecular flexibility index (Phi) is 3.78. The molecule has 1 aromatic heterocycles. The molecule has 5 nitrogen and oxygen atoms in total. The van der Waals surface area contributed by atoms with E-state index in [1.807, 2.05) is 7.05 Å². The average Bonchev–Trinajstić information content (AvgIpc) is 3.26. The number of hydrogen-bond donors (Lipinski definition) is 1. The van der Waals surface area contributed by atoms with E-state index in [0.717, 1.165) is 30.5 Å². The van der Waals surface area contributed by atoms with Crippen molar-refractivity contribution in [3.05, 3.63) is 11.9 Å². The molecule has 2 aliphatic rings. The van der Waals surface area contributed by atoms with Gasteiger partial charge in [-0.05, 0) is 39.8 Å². The van der Waals surface area contributed by atoms with E-state index >= 15 is 0 Å². The van der Waals surface area contributed by atoms with Gasteiger partial charge < -0.3 is 15.1 Å². The second-order valence-electron chi connectivity index (χ2n) is 6.15. The third kappa shape index (κ3) is 2.87. The average molecular weight is 275 g/mol. The lowest BCUT2D eigenvalue weighted by Gasteiger charge is -2.29. The first-order valence-corrected chi connectivity index (χ1v) is 7.69. The molecular formula is C15H25N5. The normalized spacial score (nSPS) is 24.6. The minimum atomic E-state index is 0.495. The molecule has 3 rings (SSSR count). The van der Waals surface area contributed by atoms with Crippen LogP contribution in [0.4, 0.5) is 11.6 Å². The summed E-state index contributed by atoms with van der Waals surface area (Å²) in [5, 5.41) is 3.18. The van der Waals surface area contributed by atoms with E-state index < -0.39 is 0 Å². The van der Waals surface area contributed by atoms with Crippen LogP contribution in [-0.4, -0.2) is 54.6 Å². The van der Waals surface area contributed by atoms with Gasteiger partial charge in [-0.1, -0.05) is 0 Å². The van der Waals surface area contributed by atoms with Crippen LogP contribution in [0.1, 0.15) is 37.9 Å². The molecule has 2 heterocycles. The molecule has 1 saturated carbocycles. The summed E-state index contributed by atoms with van der Waals surface area (Å²) in [6.07, 6.45) is 3.67. The number of likely N-dealkylation sites (N-methyl/N-ethyl adjacent to an activating group) is 1. The van der Waals surface area contributed by atoms with Gasteiger partial charge in [-0.15, -0.1) is 0 Å². The first-order chi connectivity index (χ1) is 9.67. The molecule has 5 heteroatoms. The van der Waals surface area contributed by atoms with Gasteiger partial charge in [-0.3, -0.25) is 0 Å². The fraction of sp³-hybridized carbons (Fsp3) is 0.733. The molecule has 1 aliphatic heterocycles. The molecule has 110 valence electrons. The van der Waals surface area contributed by atoms with Crippen LogP contribution in [0.15, 0.2) is 6.07 Å². The van der Waals surface area contributed by atoms with Gasteiger partial charge in [0, 0.05) is 38.2 Å². The van der Waals surface area contributed by atoms with Gasteiger partial charge in [0.25, 0.3) is 0 Å². The number of nitrogens with one attached hydrogen (secondary N) is 1. The van der Waals surface area contributed by atoms with Crippen LogP contribution in [0.2, 0.25) is 0 Å². The van der Waals surface area contributed by atoms with Crippen LogP contribution in [0.25, 0.3) is 0 Å². The van der Waals surface area contributed by atoms with E-state index in [0.29, 0.717) is 12.0 Å². The fourth-order valence-electron chi connectivity index (χ4n) is 2.96. The number of aromatic nitrogens is 2. The van der Waals surface area contributed by atoms with Crippen molar-refractivity contribution in [2.75, 3.05) is 43.9 Å². The van der Waals surface area contributed by atoms with Crippen molar-refractivity contribution >= 4 is 11.6 Å². The van der Waals surface area contributed by atoms with Gasteiger partial charge in [0.15, 0.2) is 0 Å². The summed E-state index contributed by atoms with van der Waals surface area (Å²) in [7, 11) is 4.14. The highest BCUT2D eigenvalue weighted by Gasteiger charge is 2.29. The summed E-state index contributed by atoms with van der Waals surface area (Å²) >= 11 is 0. The first-order valence-electron chi connectivity index (χ1n) is 7.69. The van der Waals surface area contributed by atoms with Crippen LogP contribution in [0, 0.1) is 0 Å². The van der Waals surface area contributed by atoms with Crippen LogP contribution in [0.5, 0.6) is 0 Å². The van der Waals surface area contributed by atoms with Gasteiger partial charge in [0.2, 0.25) is 0 Å². The van der Waals surface area contributed by atoms with Gasteiger partial charge in [-0.2, -0.15) is 0 Å². The lowest BCUT2D eigenvalue weighted by Crippen LogP contribution is -2.38. The molecule has 1 unspecified atom stereocenters. The zero-order valence-electron chi connectivity index (χ0n) is 12.8. The molecule has 1 aromatic rings. The zero-order chi connectivity index (χ0) is 14.1. The molecule has 2 fully saturated rings. The Hall–Kier alpha value is -1.36. The van der Waals surface area contributed by atoms with E-state index in [4.69, 9.17) is 4.98 Å². The standard InChI is InChI=1S/C15H25N5/c1-11-10-19(3)7-4-8-20(11)14-9-13(16-2)17-15(18-14)12-5-6-12/h9,11-12H,4-8,10H2,1-3H3,(H,16,17,18). The van der Waals surface area contributed by atoms with Crippen LogP contribution in [-0.2, 0) is 0 Å². The Balaban J connectivity index is 1.89. The topological polar surface area (TPSA) is 44.3 Å². The molecule has 1 atom stereocenters. The summed E-state index contributed by atoms with van der Waals surface area (Å²) in [6.45, 7) is 5.63. The summed E-state index contributed by atoms with van der Waals surface area (Å²) in [4.78, 5) is 14.3. The zero-order valence-corrected chi connectivity index (χ0v) is 12.8. The van der Waals surface area contributed by atoms with Crippen LogP contribution < -0.4 is 10.2 Å². The Labute approximate surface area is 121 Å². The quantitative estimate of drug-likeness (QED) is 0.913. The van der Waals surface area contributed by atoms with Crippen LogP contribution >= 0.6 is 0 Å². The third-order valence-corrected chi connectivity index (χ3v) is 4.27. The van der Waals surface area contributed by atoms with Crippen molar-refractivity contribution in [2.45, 2.75) is 38.1 Å². The minimum absolute atomic E-state index is 0.495. The van der Waals surface area contributed by atoms with E-state index in [1.165, 1.54) is 25.8 Å². The fourth-order valence-corrected chi connectivity index (χ4v) is 2.96. The summed E-state index contributed by atoms with van der Waals surface area (Å²) in [6, 6.07) is 2.59. The van der Waals surface area contributed by atoms with Crippen molar-refractivity contribution < 1.29 is 0 Å². The number of anilines is 2. The second-order valence-corrected chi connectivity index (χ2v) is 6.15. The number of nitrogens with zero attached hydrogens (tertiary/aromatic N) is 4.